The molecule has 1 fully saturated rings. The smallest absolute Gasteiger partial charge is 0.161 e. The number of methoxy groups -OCH3 is 2. The minimum Gasteiger partial charge on any atom is -0.493 e. The van der Waals surface area contributed by atoms with E-state index in [4.69, 9.17) is 18.9 Å². The predicted molar refractivity (Wildman–Crippen MR) is 148 cm³/mol. The van der Waals surface area contributed by atoms with E-state index in [0.717, 1.165) is 55.5 Å². The molecule has 1 atom stereocenters. The molecule has 2 aromatic rings. The molecule has 0 spiro atoms. The molecule has 1 unspecified atom stereocenters. The molecule has 7 nitrogen and oxygen atoms in total. The van der Waals surface area contributed by atoms with Gasteiger partial charge in [0.05, 0.1) is 14.2 Å². The van der Waals surface area contributed by atoms with Crippen LogP contribution in [0.15, 0.2) is 36.4 Å². The van der Waals surface area contributed by atoms with E-state index in [1.165, 1.54) is 18.4 Å². The lowest BCUT2D eigenvalue weighted by molar-refractivity contribution is 0.0732. The molecule has 0 radical (unpaired) electrons. The highest BCUT2D eigenvalue weighted by Crippen LogP contribution is 2.30. The van der Waals surface area contributed by atoms with E-state index in [0.29, 0.717) is 31.2 Å². The summed E-state index contributed by atoms with van der Waals surface area (Å²) < 4.78 is 23.0. The van der Waals surface area contributed by atoms with E-state index in [-0.39, 0.29) is 6.61 Å². The summed E-state index contributed by atoms with van der Waals surface area (Å²) in [5.41, 5.74) is 2.31. The second-order valence-corrected chi connectivity index (χ2v) is 10.3. The normalized spacial score (nSPS) is 15.5. The minimum absolute atomic E-state index is 0.194. The molecule has 1 heterocycles. The van der Waals surface area contributed by atoms with Crippen LogP contribution in [0.25, 0.3) is 0 Å². The summed E-state index contributed by atoms with van der Waals surface area (Å²) in [6, 6.07) is 12.0. The highest BCUT2D eigenvalue weighted by Gasteiger charge is 2.16. The van der Waals surface area contributed by atoms with Crippen molar-refractivity contribution in [3.63, 3.8) is 0 Å². The summed E-state index contributed by atoms with van der Waals surface area (Å²) in [5.74, 6) is 3.70. The maximum atomic E-state index is 10.6. The van der Waals surface area contributed by atoms with Crippen LogP contribution in [0.2, 0.25) is 0 Å². The van der Waals surface area contributed by atoms with Crippen molar-refractivity contribution in [3.05, 3.63) is 47.5 Å². The zero-order chi connectivity index (χ0) is 26.6. The standard InChI is InChI=1S/C30H46N2O5/c1-6-7-24-8-10-28(29(18-24)34-4)37-22-26(33)21-31(3)20-25-9-11-27(30(19-25)35-5)36-17-16-32-14-12-23(2)13-15-32/h8-11,18-19,23,26,33H,6-7,12-17,20-22H2,1-5H3. The number of likely N-dealkylation sites (tertiary alicyclic amines) is 1. The van der Waals surface area contributed by atoms with Crippen molar-refractivity contribution in [3.8, 4) is 23.0 Å². The lowest BCUT2D eigenvalue weighted by Crippen LogP contribution is -2.35. The maximum absolute atomic E-state index is 10.6. The lowest BCUT2D eigenvalue weighted by Gasteiger charge is -2.30. The molecule has 1 aliphatic rings. The number of hydrogen-bond acceptors (Lipinski definition) is 7. The predicted octanol–water partition coefficient (Wildman–Crippen LogP) is 4.64. The van der Waals surface area contributed by atoms with Crippen molar-refractivity contribution in [2.45, 2.75) is 52.2 Å². The molecular weight excluding hydrogens is 468 g/mol. The summed E-state index contributed by atoms with van der Waals surface area (Å²) >= 11 is 0. The Morgan fingerprint density at radius 2 is 1.57 bits per heavy atom. The van der Waals surface area contributed by atoms with Gasteiger partial charge in [-0.25, -0.2) is 0 Å². The van der Waals surface area contributed by atoms with Gasteiger partial charge in [-0.1, -0.05) is 32.4 Å². The summed E-state index contributed by atoms with van der Waals surface area (Å²) in [4.78, 5) is 4.55. The molecule has 1 aliphatic heterocycles. The van der Waals surface area contributed by atoms with E-state index in [2.05, 4.69) is 35.8 Å². The third kappa shape index (κ3) is 9.40. The summed E-state index contributed by atoms with van der Waals surface area (Å²) in [7, 11) is 5.30. The van der Waals surface area contributed by atoms with Crippen molar-refractivity contribution in [2.24, 2.45) is 5.92 Å². The number of nitrogens with zero attached hydrogens (tertiary/aromatic N) is 2. The van der Waals surface area contributed by atoms with E-state index >= 15 is 0 Å². The van der Waals surface area contributed by atoms with Crippen LogP contribution in [0.1, 0.15) is 44.2 Å². The van der Waals surface area contributed by atoms with Crippen molar-refractivity contribution in [1.29, 1.82) is 0 Å². The number of aliphatic hydroxyl groups excluding tert-OH is 1. The van der Waals surface area contributed by atoms with Gasteiger partial charge in [-0.2, -0.15) is 0 Å². The first-order valence-electron chi connectivity index (χ1n) is 13.6. The van der Waals surface area contributed by atoms with Crippen molar-refractivity contribution in [2.75, 3.05) is 60.7 Å². The molecule has 1 saturated heterocycles. The van der Waals surface area contributed by atoms with Crippen LogP contribution in [-0.4, -0.2) is 81.7 Å². The Kier molecular flexibility index (Phi) is 11.8. The first kappa shape index (κ1) is 29.1. The number of aliphatic hydroxyl groups is 1. The molecule has 206 valence electrons. The highest BCUT2D eigenvalue weighted by atomic mass is 16.5. The van der Waals surface area contributed by atoms with Gasteiger partial charge in [-0.05, 0) is 80.7 Å². The number of piperidine rings is 1. The second kappa shape index (κ2) is 15.1. The van der Waals surface area contributed by atoms with E-state index < -0.39 is 6.10 Å². The van der Waals surface area contributed by atoms with Crippen LogP contribution in [0.3, 0.4) is 0 Å². The summed E-state index contributed by atoms with van der Waals surface area (Å²) in [6.45, 7) is 9.73. The van der Waals surface area contributed by atoms with Gasteiger partial charge in [-0.15, -0.1) is 0 Å². The molecule has 0 bridgehead atoms. The van der Waals surface area contributed by atoms with Crippen molar-refractivity contribution >= 4 is 0 Å². The Hall–Kier alpha value is -2.48. The van der Waals surface area contributed by atoms with Crippen molar-refractivity contribution < 1.29 is 24.1 Å². The fourth-order valence-electron chi connectivity index (χ4n) is 4.75. The molecular formula is C30H46N2O5. The molecule has 2 aromatic carbocycles. The highest BCUT2D eigenvalue weighted by molar-refractivity contribution is 5.43. The Balaban J connectivity index is 1.44. The number of hydrogen-bond donors (Lipinski definition) is 1. The van der Waals surface area contributed by atoms with Crippen LogP contribution in [0.5, 0.6) is 23.0 Å². The molecule has 7 heteroatoms. The number of benzene rings is 2. The Morgan fingerprint density at radius 3 is 2.22 bits per heavy atom. The molecule has 37 heavy (non-hydrogen) atoms. The first-order chi connectivity index (χ1) is 17.9. The zero-order valence-electron chi connectivity index (χ0n) is 23.4. The van der Waals surface area contributed by atoms with Crippen LogP contribution in [0, 0.1) is 5.92 Å². The van der Waals surface area contributed by atoms with Gasteiger partial charge in [0.15, 0.2) is 23.0 Å². The lowest BCUT2D eigenvalue weighted by atomic mass is 9.99. The van der Waals surface area contributed by atoms with Gasteiger partial charge >= 0.3 is 0 Å². The number of ether oxygens (including phenoxy) is 4. The number of likely N-dealkylation sites (N-methyl/N-ethyl adjacent to an activating group) is 1. The van der Waals surface area contributed by atoms with Gasteiger partial charge in [0.2, 0.25) is 0 Å². The summed E-state index contributed by atoms with van der Waals surface area (Å²) in [5, 5.41) is 10.6. The minimum atomic E-state index is -0.632. The van der Waals surface area contributed by atoms with Gasteiger partial charge in [0.25, 0.3) is 0 Å². The fourth-order valence-corrected chi connectivity index (χ4v) is 4.75. The average molecular weight is 515 g/mol. The SMILES string of the molecule is CCCc1ccc(OCC(O)CN(C)Cc2ccc(OCCN3CCC(C)CC3)c(OC)c2)c(OC)c1. The first-order valence-corrected chi connectivity index (χ1v) is 13.6. The Morgan fingerprint density at radius 1 is 0.946 bits per heavy atom. The molecule has 1 N–H and O–H groups in total. The number of aryl methyl sites for hydroxylation is 1. The van der Waals surface area contributed by atoms with Crippen LogP contribution in [-0.2, 0) is 13.0 Å². The Labute approximate surface area is 223 Å². The fraction of sp³-hybridized carbons (Fsp3) is 0.600. The monoisotopic (exact) mass is 514 g/mol. The van der Waals surface area contributed by atoms with Crippen LogP contribution in [0.4, 0.5) is 0 Å². The van der Waals surface area contributed by atoms with Crippen molar-refractivity contribution in [1.82, 2.24) is 9.80 Å². The average Bonchev–Trinajstić information content (AvgIpc) is 2.89. The van der Waals surface area contributed by atoms with Gasteiger partial charge in [-0.3, -0.25) is 9.80 Å². The van der Waals surface area contributed by atoms with Gasteiger partial charge in [0, 0.05) is 19.6 Å². The second-order valence-electron chi connectivity index (χ2n) is 10.3. The van der Waals surface area contributed by atoms with Gasteiger partial charge in [0.1, 0.15) is 19.3 Å². The largest absolute Gasteiger partial charge is 0.493 e. The molecule has 0 aromatic heterocycles. The van der Waals surface area contributed by atoms with Crippen LogP contribution >= 0.6 is 0 Å². The van der Waals surface area contributed by atoms with E-state index in [1.54, 1.807) is 14.2 Å². The Bertz CT molecular complexity index is 946. The third-order valence-corrected chi connectivity index (χ3v) is 6.94. The maximum Gasteiger partial charge on any atom is 0.161 e. The number of rotatable bonds is 15. The van der Waals surface area contributed by atoms with E-state index in [1.807, 2.05) is 31.3 Å². The molecule has 0 amide bonds. The topological polar surface area (TPSA) is 63.6 Å². The quantitative estimate of drug-likeness (QED) is 0.372. The molecule has 0 saturated carbocycles. The third-order valence-electron chi connectivity index (χ3n) is 6.94. The molecule has 3 rings (SSSR count). The zero-order valence-corrected chi connectivity index (χ0v) is 23.4. The van der Waals surface area contributed by atoms with Gasteiger partial charge < -0.3 is 24.1 Å². The molecule has 0 aliphatic carbocycles. The van der Waals surface area contributed by atoms with E-state index in [9.17, 15) is 5.11 Å². The van der Waals surface area contributed by atoms with Crippen LogP contribution < -0.4 is 18.9 Å². The summed E-state index contributed by atoms with van der Waals surface area (Å²) in [6.07, 6.45) is 3.99.